The second-order valence-corrected chi connectivity index (χ2v) is 4.86. The average Bonchev–Trinajstić information content (AvgIpc) is 2.39. The largest absolute Gasteiger partial charge is 0.339 e. The smallest absolute Gasteiger partial charge is 0.255 e. The van der Waals surface area contributed by atoms with E-state index in [0.717, 1.165) is 0 Å². The Morgan fingerprint density at radius 1 is 1.33 bits per heavy atom. The number of hydrogen-bond acceptors (Lipinski definition) is 3. The van der Waals surface area contributed by atoms with E-state index in [4.69, 9.17) is 17.3 Å². The third kappa shape index (κ3) is 5.19. The topological polar surface area (TPSA) is 75.4 Å². The van der Waals surface area contributed by atoms with Crippen LogP contribution in [0.5, 0.6) is 0 Å². The molecule has 118 valence electrons. The van der Waals surface area contributed by atoms with Gasteiger partial charge in [-0.2, -0.15) is 0 Å². The van der Waals surface area contributed by atoms with Crippen LogP contribution in [-0.2, 0) is 4.79 Å². The van der Waals surface area contributed by atoms with Gasteiger partial charge in [-0.15, -0.1) is 12.4 Å². The monoisotopic (exact) mass is 333 g/mol. The summed E-state index contributed by atoms with van der Waals surface area (Å²) in [5.74, 6) is -0.422. The molecule has 7 heteroatoms. The van der Waals surface area contributed by atoms with Gasteiger partial charge in [0.15, 0.2) is 0 Å². The van der Waals surface area contributed by atoms with E-state index in [2.05, 4.69) is 5.32 Å². The number of carbonyl (C=O) groups is 2. The van der Waals surface area contributed by atoms with Crippen LogP contribution in [0.25, 0.3) is 0 Å². The molecule has 21 heavy (non-hydrogen) atoms. The maximum Gasteiger partial charge on any atom is 0.255 e. The summed E-state index contributed by atoms with van der Waals surface area (Å²) < 4.78 is 0. The Hall–Kier alpha value is -1.30. The first-order valence-electron chi connectivity index (χ1n) is 6.55. The maximum atomic E-state index is 12.2. The summed E-state index contributed by atoms with van der Waals surface area (Å²) in [5, 5.41) is 2.94. The van der Waals surface area contributed by atoms with Crippen molar-refractivity contribution in [1.82, 2.24) is 4.90 Å². The molecule has 3 N–H and O–H groups in total. The van der Waals surface area contributed by atoms with E-state index in [0.29, 0.717) is 29.4 Å². The van der Waals surface area contributed by atoms with Crippen LogP contribution in [0.15, 0.2) is 18.2 Å². The van der Waals surface area contributed by atoms with Gasteiger partial charge < -0.3 is 16.0 Å². The molecule has 0 bridgehead atoms. The van der Waals surface area contributed by atoms with Crippen molar-refractivity contribution in [1.29, 1.82) is 0 Å². The summed E-state index contributed by atoms with van der Waals surface area (Å²) >= 11 is 6.12. The van der Waals surface area contributed by atoms with E-state index in [-0.39, 0.29) is 24.2 Å². The van der Waals surface area contributed by atoms with E-state index in [1.54, 1.807) is 30.0 Å². The normalized spacial score (nSPS) is 11.3. The van der Waals surface area contributed by atoms with E-state index in [1.807, 2.05) is 13.8 Å². The Morgan fingerprint density at radius 2 is 1.90 bits per heavy atom. The van der Waals surface area contributed by atoms with Crippen LogP contribution >= 0.6 is 24.0 Å². The SMILES string of the molecule is CCN(CC)C(=O)c1ccc(NC(=O)[C@H](C)N)cc1Cl.Cl. The van der Waals surface area contributed by atoms with Crippen molar-refractivity contribution < 1.29 is 9.59 Å². The van der Waals surface area contributed by atoms with Crippen LogP contribution in [0, 0.1) is 0 Å². The fourth-order valence-corrected chi connectivity index (χ4v) is 1.96. The lowest BCUT2D eigenvalue weighted by Gasteiger charge is -2.19. The van der Waals surface area contributed by atoms with Crippen molar-refractivity contribution in [2.45, 2.75) is 26.8 Å². The molecular weight excluding hydrogens is 313 g/mol. The molecule has 1 atom stereocenters. The van der Waals surface area contributed by atoms with E-state index < -0.39 is 6.04 Å². The number of anilines is 1. The van der Waals surface area contributed by atoms with Gasteiger partial charge in [0.25, 0.3) is 5.91 Å². The van der Waals surface area contributed by atoms with Gasteiger partial charge >= 0.3 is 0 Å². The molecule has 0 aliphatic rings. The van der Waals surface area contributed by atoms with Crippen molar-refractivity contribution in [3.8, 4) is 0 Å². The standard InChI is InChI=1S/C14H20ClN3O2.ClH/c1-4-18(5-2)14(20)11-7-6-10(8-12(11)15)17-13(19)9(3)16;/h6-9H,4-5,16H2,1-3H3,(H,17,19);1H/t9-;/m0./s1. The Bertz CT molecular complexity index is 503. The van der Waals surface area contributed by atoms with Gasteiger partial charge in [0.1, 0.15) is 0 Å². The number of carbonyl (C=O) groups excluding carboxylic acids is 2. The summed E-state index contributed by atoms with van der Waals surface area (Å²) in [4.78, 5) is 25.4. The van der Waals surface area contributed by atoms with Gasteiger partial charge in [0, 0.05) is 18.8 Å². The third-order valence-electron chi connectivity index (χ3n) is 2.93. The van der Waals surface area contributed by atoms with Crippen LogP contribution in [0.3, 0.4) is 0 Å². The summed E-state index contributed by atoms with van der Waals surface area (Å²) in [6.07, 6.45) is 0. The van der Waals surface area contributed by atoms with Gasteiger partial charge in [-0.3, -0.25) is 9.59 Å². The number of nitrogens with one attached hydrogen (secondary N) is 1. The molecule has 0 saturated carbocycles. The van der Waals surface area contributed by atoms with Gasteiger partial charge in [-0.1, -0.05) is 11.6 Å². The van der Waals surface area contributed by atoms with Crippen molar-refractivity contribution in [2.75, 3.05) is 18.4 Å². The molecule has 0 aliphatic carbocycles. The number of rotatable bonds is 5. The zero-order valence-corrected chi connectivity index (χ0v) is 13.9. The Morgan fingerprint density at radius 3 is 2.33 bits per heavy atom. The number of amides is 2. The number of nitrogens with zero attached hydrogens (tertiary/aromatic N) is 1. The van der Waals surface area contributed by atoms with Crippen molar-refractivity contribution in [3.63, 3.8) is 0 Å². The molecular formula is C14H21Cl2N3O2. The summed E-state index contributed by atoms with van der Waals surface area (Å²) in [6, 6.07) is 4.20. The lowest BCUT2D eigenvalue weighted by atomic mass is 10.1. The zero-order chi connectivity index (χ0) is 15.3. The van der Waals surface area contributed by atoms with Crippen LogP contribution < -0.4 is 11.1 Å². The summed E-state index contributed by atoms with van der Waals surface area (Å²) in [5.41, 5.74) is 6.42. The molecule has 0 spiro atoms. The fourth-order valence-electron chi connectivity index (χ4n) is 1.70. The lowest BCUT2D eigenvalue weighted by Crippen LogP contribution is -2.32. The second kappa shape index (κ2) is 8.87. The molecule has 1 aromatic rings. The highest BCUT2D eigenvalue weighted by atomic mass is 35.5. The molecule has 0 saturated heterocycles. The molecule has 0 aliphatic heterocycles. The molecule has 0 fully saturated rings. The van der Waals surface area contributed by atoms with E-state index in [9.17, 15) is 9.59 Å². The first-order valence-corrected chi connectivity index (χ1v) is 6.93. The second-order valence-electron chi connectivity index (χ2n) is 4.45. The maximum absolute atomic E-state index is 12.2. The highest BCUT2D eigenvalue weighted by Crippen LogP contribution is 2.22. The van der Waals surface area contributed by atoms with Gasteiger partial charge in [-0.25, -0.2) is 0 Å². The van der Waals surface area contributed by atoms with E-state index >= 15 is 0 Å². The zero-order valence-electron chi connectivity index (χ0n) is 12.4. The highest BCUT2D eigenvalue weighted by Gasteiger charge is 2.16. The molecule has 0 heterocycles. The predicted molar refractivity (Wildman–Crippen MR) is 88.2 cm³/mol. The Kier molecular flexibility index (Phi) is 8.32. The minimum Gasteiger partial charge on any atom is -0.339 e. The molecule has 2 amide bonds. The lowest BCUT2D eigenvalue weighted by molar-refractivity contribution is -0.117. The quantitative estimate of drug-likeness (QED) is 0.869. The molecule has 1 aromatic carbocycles. The first kappa shape index (κ1) is 19.7. The van der Waals surface area contributed by atoms with Gasteiger partial charge in [-0.05, 0) is 39.0 Å². The summed E-state index contributed by atoms with van der Waals surface area (Å²) in [7, 11) is 0. The molecule has 0 unspecified atom stereocenters. The van der Waals surface area contributed by atoms with Crippen LogP contribution in [0.1, 0.15) is 31.1 Å². The first-order chi connectivity index (χ1) is 9.40. The highest BCUT2D eigenvalue weighted by molar-refractivity contribution is 6.34. The van der Waals surface area contributed by atoms with Crippen LogP contribution in [0.4, 0.5) is 5.69 Å². The Balaban J connectivity index is 0.00000400. The van der Waals surface area contributed by atoms with Crippen LogP contribution in [0.2, 0.25) is 5.02 Å². The predicted octanol–water partition coefficient (Wildman–Crippen LogP) is 2.53. The molecule has 0 aromatic heterocycles. The molecule has 5 nitrogen and oxygen atoms in total. The van der Waals surface area contributed by atoms with Crippen LogP contribution in [-0.4, -0.2) is 35.8 Å². The minimum atomic E-state index is -0.606. The molecule has 0 radical (unpaired) electrons. The fraction of sp³-hybridized carbons (Fsp3) is 0.429. The number of halogens is 2. The van der Waals surface area contributed by atoms with Crippen molar-refractivity contribution in [2.24, 2.45) is 5.73 Å². The van der Waals surface area contributed by atoms with E-state index in [1.165, 1.54) is 0 Å². The average molecular weight is 334 g/mol. The minimum absolute atomic E-state index is 0. The number of nitrogens with two attached hydrogens (primary N) is 1. The molecule has 1 rings (SSSR count). The number of hydrogen-bond donors (Lipinski definition) is 2. The van der Waals surface area contributed by atoms with Gasteiger partial charge in [0.05, 0.1) is 16.6 Å². The van der Waals surface area contributed by atoms with Gasteiger partial charge in [0.2, 0.25) is 5.91 Å². The summed E-state index contributed by atoms with van der Waals surface area (Å²) in [6.45, 7) is 6.65. The third-order valence-corrected chi connectivity index (χ3v) is 3.24. The van der Waals surface area contributed by atoms with Crippen molar-refractivity contribution in [3.05, 3.63) is 28.8 Å². The number of benzene rings is 1. The Labute approximate surface area is 136 Å². The van der Waals surface area contributed by atoms with Crippen molar-refractivity contribution >= 4 is 41.5 Å².